The van der Waals surface area contributed by atoms with Crippen LogP contribution in [0.5, 0.6) is 0 Å². The first kappa shape index (κ1) is 13.7. The molecule has 1 aromatic heterocycles. The summed E-state index contributed by atoms with van der Waals surface area (Å²) < 4.78 is 14.1. The number of benzene rings is 1. The summed E-state index contributed by atoms with van der Waals surface area (Å²) in [6.45, 7) is 1.11. The summed E-state index contributed by atoms with van der Waals surface area (Å²) in [5, 5.41) is 3.73. The predicted molar refractivity (Wildman–Crippen MR) is 82.3 cm³/mol. The lowest BCUT2D eigenvalue weighted by Gasteiger charge is -2.39. The quantitative estimate of drug-likeness (QED) is 0.945. The molecule has 6 heteroatoms. The first-order chi connectivity index (χ1) is 10.6. The van der Waals surface area contributed by atoms with Crippen LogP contribution in [-0.4, -0.2) is 35.8 Å². The lowest BCUT2D eigenvalue weighted by atomic mass is 10.1. The van der Waals surface area contributed by atoms with Crippen molar-refractivity contribution in [2.45, 2.75) is 18.9 Å². The van der Waals surface area contributed by atoms with Gasteiger partial charge in [0, 0.05) is 23.7 Å². The third-order valence-electron chi connectivity index (χ3n) is 4.15. The summed E-state index contributed by atoms with van der Waals surface area (Å²) in [5.41, 5.74) is 0. The second kappa shape index (κ2) is 5.05. The molecular formula is C16H15FN2O2S. The van der Waals surface area contributed by atoms with E-state index in [1.807, 2.05) is 0 Å². The molecule has 2 aliphatic rings. The van der Waals surface area contributed by atoms with Gasteiger partial charge in [0.25, 0.3) is 5.91 Å². The summed E-state index contributed by atoms with van der Waals surface area (Å²) in [6.07, 6.45) is 1.97. The number of thiophene rings is 1. The van der Waals surface area contributed by atoms with Crippen LogP contribution in [0.3, 0.4) is 0 Å². The van der Waals surface area contributed by atoms with Crippen molar-refractivity contribution < 1.29 is 14.0 Å². The van der Waals surface area contributed by atoms with Crippen LogP contribution in [0.4, 0.5) is 4.39 Å². The fourth-order valence-corrected chi connectivity index (χ4v) is 3.69. The normalized spacial score (nSPS) is 18.3. The van der Waals surface area contributed by atoms with Crippen molar-refractivity contribution in [2.24, 2.45) is 5.92 Å². The topological polar surface area (TPSA) is 49.4 Å². The van der Waals surface area contributed by atoms with E-state index in [0.29, 0.717) is 18.0 Å². The molecule has 1 aromatic carbocycles. The summed E-state index contributed by atoms with van der Waals surface area (Å²) in [7, 11) is 0. The van der Waals surface area contributed by atoms with Crippen LogP contribution in [-0.2, 0) is 4.79 Å². The minimum Gasteiger partial charge on any atom is -0.350 e. The average Bonchev–Trinajstić information content (AvgIpc) is 3.21. The Kier molecular flexibility index (Phi) is 3.14. The zero-order chi connectivity index (χ0) is 15.3. The summed E-state index contributed by atoms with van der Waals surface area (Å²) in [4.78, 5) is 26.4. The Morgan fingerprint density at radius 1 is 1.23 bits per heavy atom. The van der Waals surface area contributed by atoms with Gasteiger partial charge in [-0.1, -0.05) is 0 Å². The maximum atomic E-state index is 13.2. The molecule has 1 saturated heterocycles. The molecule has 0 spiro atoms. The minimum atomic E-state index is -0.295. The first-order valence-electron chi connectivity index (χ1n) is 7.39. The Labute approximate surface area is 130 Å². The molecule has 0 bridgehead atoms. The first-order valence-corrected chi connectivity index (χ1v) is 8.20. The molecule has 1 saturated carbocycles. The van der Waals surface area contributed by atoms with E-state index in [1.54, 1.807) is 17.0 Å². The number of hydrogen-bond acceptors (Lipinski definition) is 3. The van der Waals surface area contributed by atoms with E-state index in [4.69, 9.17) is 0 Å². The van der Waals surface area contributed by atoms with E-state index >= 15 is 0 Å². The molecule has 2 amide bonds. The molecule has 114 valence electrons. The van der Waals surface area contributed by atoms with Crippen molar-refractivity contribution in [3.63, 3.8) is 0 Å². The van der Waals surface area contributed by atoms with Gasteiger partial charge in [0.15, 0.2) is 0 Å². The number of likely N-dealkylation sites (tertiary alicyclic amines) is 1. The van der Waals surface area contributed by atoms with Crippen molar-refractivity contribution in [2.75, 3.05) is 13.1 Å². The van der Waals surface area contributed by atoms with Crippen molar-refractivity contribution in [3.8, 4) is 0 Å². The van der Waals surface area contributed by atoms with Crippen LogP contribution >= 0.6 is 11.3 Å². The molecule has 2 fully saturated rings. The van der Waals surface area contributed by atoms with E-state index in [2.05, 4.69) is 5.32 Å². The highest BCUT2D eigenvalue weighted by molar-refractivity contribution is 7.20. The van der Waals surface area contributed by atoms with E-state index in [0.717, 1.165) is 22.9 Å². The standard InChI is InChI=1S/C16H15FN2O2S/c17-11-3-4-13-10(5-11)6-14(22-13)16(21)19-7-12(8-19)18-15(20)9-1-2-9/h3-6,9,12H,1-2,7-8H2,(H,18,20). The number of carbonyl (C=O) groups is 2. The highest BCUT2D eigenvalue weighted by Crippen LogP contribution is 2.30. The number of nitrogens with zero attached hydrogens (tertiary/aromatic N) is 1. The molecular weight excluding hydrogens is 303 g/mol. The fourth-order valence-electron chi connectivity index (χ4n) is 2.68. The van der Waals surface area contributed by atoms with Crippen LogP contribution in [0, 0.1) is 11.7 Å². The van der Waals surface area contributed by atoms with E-state index in [9.17, 15) is 14.0 Å². The Morgan fingerprint density at radius 2 is 2.00 bits per heavy atom. The summed E-state index contributed by atoms with van der Waals surface area (Å²) in [6, 6.07) is 6.35. The average molecular weight is 318 g/mol. The van der Waals surface area contributed by atoms with Crippen LogP contribution in [0.2, 0.25) is 0 Å². The second-order valence-electron chi connectivity index (χ2n) is 5.98. The Morgan fingerprint density at radius 3 is 2.73 bits per heavy atom. The van der Waals surface area contributed by atoms with Crippen molar-refractivity contribution >= 4 is 33.2 Å². The Hall–Kier alpha value is -1.95. The number of nitrogens with one attached hydrogen (secondary N) is 1. The van der Waals surface area contributed by atoms with Gasteiger partial charge in [-0.2, -0.15) is 0 Å². The highest BCUT2D eigenvalue weighted by Gasteiger charge is 2.36. The molecule has 4 rings (SSSR count). The Balaban J connectivity index is 1.40. The van der Waals surface area contributed by atoms with Gasteiger partial charge in [-0.15, -0.1) is 11.3 Å². The highest BCUT2D eigenvalue weighted by atomic mass is 32.1. The third-order valence-corrected chi connectivity index (χ3v) is 5.26. The number of carbonyl (C=O) groups excluding carboxylic acids is 2. The maximum Gasteiger partial charge on any atom is 0.264 e. The zero-order valence-electron chi connectivity index (χ0n) is 11.8. The number of hydrogen-bond donors (Lipinski definition) is 1. The van der Waals surface area contributed by atoms with Gasteiger partial charge in [-0.3, -0.25) is 9.59 Å². The van der Waals surface area contributed by atoms with Gasteiger partial charge in [0.05, 0.1) is 10.9 Å². The molecule has 2 aromatic rings. The predicted octanol–water partition coefficient (Wildman–Crippen LogP) is 2.39. The SMILES string of the molecule is O=C(NC1CN(C(=O)c2cc3cc(F)ccc3s2)C1)C1CC1. The maximum absolute atomic E-state index is 13.2. The van der Waals surface area contributed by atoms with Crippen LogP contribution in [0.1, 0.15) is 22.5 Å². The summed E-state index contributed by atoms with van der Waals surface area (Å²) >= 11 is 1.38. The monoisotopic (exact) mass is 318 g/mol. The van der Waals surface area contributed by atoms with E-state index in [1.165, 1.54) is 23.5 Å². The van der Waals surface area contributed by atoms with Crippen LogP contribution in [0.25, 0.3) is 10.1 Å². The zero-order valence-corrected chi connectivity index (χ0v) is 12.7. The van der Waals surface area contributed by atoms with Gasteiger partial charge in [-0.05, 0) is 42.5 Å². The van der Waals surface area contributed by atoms with Crippen molar-refractivity contribution in [3.05, 3.63) is 35.0 Å². The van der Waals surface area contributed by atoms with Crippen LogP contribution in [0.15, 0.2) is 24.3 Å². The lowest BCUT2D eigenvalue weighted by Crippen LogP contribution is -2.61. The van der Waals surface area contributed by atoms with Gasteiger partial charge in [0.2, 0.25) is 5.91 Å². The Bertz CT molecular complexity index is 763. The largest absolute Gasteiger partial charge is 0.350 e. The second-order valence-corrected chi connectivity index (χ2v) is 7.07. The lowest BCUT2D eigenvalue weighted by molar-refractivity contribution is -0.123. The van der Waals surface area contributed by atoms with E-state index in [-0.39, 0.29) is 29.6 Å². The molecule has 1 aliphatic heterocycles. The molecule has 22 heavy (non-hydrogen) atoms. The fraction of sp³-hybridized carbons (Fsp3) is 0.375. The van der Waals surface area contributed by atoms with Gasteiger partial charge >= 0.3 is 0 Å². The molecule has 1 N–H and O–H groups in total. The number of amides is 2. The van der Waals surface area contributed by atoms with Crippen molar-refractivity contribution in [1.82, 2.24) is 10.2 Å². The molecule has 4 nitrogen and oxygen atoms in total. The molecule has 0 radical (unpaired) electrons. The summed E-state index contributed by atoms with van der Waals surface area (Å²) in [5.74, 6) is -0.0219. The van der Waals surface area contributed by atoms with Crippen molar-refractivity contribution in [1.29, 1.82) is 0 Å². The smallest absolute Gasteiger partial charge is 0.264 e. The third kappa shape index (κ3) is 2.47. The molecule has 2 heterocycles. The van der Waals surface area contributed by atoms with Gasteiger partial charge in [0.1, 0.15) is 5.82 Å². The van der Waals surface area contributed by atoms with Crippen LogP contribution < -0.4 is 5.32 Å². The molecule has 0 unspecified atom stereocenters. The number of rotatable bonds is 3. The molecule has 0 atom stereocenters. The number of fused-ring (bicyclic) bond motifs is 1. The minimum absolute atomic E-state index is 0.0430. The number of halogens is 1. The van der Waals surface area contributed by atoms with E-state index < -0.39 is 0 Å². The molecule has 1 aliphatic carbocycles. The van der Waals surface area contributed by atoms with Gasteiger partial charge in [-0.25, -0.2) is 4.39 Å². The van der Waals surface area contributed by atoms with Gasteiger partial charge < -0.3 is 10.2 Å².